The maximum Gasteiger partial charge on any atom is 0.361 e. The van der Waals surface area contributed by atoms with Crippen molar-refractivity contribution in [3.05, 3.63) is 65.7 Å². The quantitative estimate of drug-likeness (QED) is 0.816. The van der Waals surface area contributed by atoms with Gasteiger partial charge in [0.15, 0.2) is 6.10 Å². The molecule has 0 radical (unpaired) electrons. The van der Waals surface area contributed by atoms with Crippen LogP contribution in [0.3, 0.4) is 0 Å². The second-order valence-corrected chi connectivity index (χ2v) is 5.99. The summed E-state index contributed by atoms with van der Waals surface area (Å²) in [5.41, 5.74) is 1.68. The minimum absolute atomic E-state index is 0.308. The Morgan fingerprint density at radius 3 is 2.22 bits per heavy atom. The number of likely N-dealkylation sites (N-methyl/N-ethyl adjacent to an activating group) is 1. The van der Waals surface area contributed by atoms with E-state index >= 15 is 0 Å². The molecule has 0 aromatic heterocycles. The fourth-order valence-corrected chi connectivity index (χ4v) is 2.53. The molecule has 2 aromatic rings. The van der Waals surface area contributed by atoms with Crippen molar-refractivity contribution in [2.75, 3.05) is 14.1 Å². The molecule has 0 aliphatic carbocycles. The van der Waals surface area contributed by atoms with E-state index in [0.29, 0.717) is 11.3 Å². The summed E-state index contributed by atoms with van der Waals surface area (Å²) in [6, 6.07) is 16.0. The predicted octanol–water partition coefficient (Wildman–Crippen LogP) is 2.80. The summed E-state index contributed by atoms with van der Waals surface area (Å²) in [7, 11) is 3.23. The Morgan fingerprint density at radius 2 is 1.65 bits per heavy atom. The van der Waals surface area contributed by atoms with Crippen LogP contribution >= 0.6 is 0 Å². The highest BCUT2D eigenvalue weighted by Gasteiger charge is 2.26. The third-order valence-corrected chi connectivity index (χ3v) is 3.81. The number of hydrogen-bond donors (Lipinski definition) is 0. The van der Waals surface area contributed by atoms with Gasteiger partial charge in [0.25, 0.3) is 5.91 Å². The molecule has 0 spiro atoms. The smallest absolute Gasteiger partial charge is 0.361 e. The molecule has 0 bridgehead atoms. The highest BCUT2D eigenvalue weighted by Crippen LogP contribution is 2.22. The fraction of sp³-hybridized carbons (Fsp3) is 0.235. The SMILES string of the molecule is Cc1ccc(OS(=O)OC(C(=O)N(C)C)c2ccccc2)cc1. The van der Waals surface area contributed by atoms with Crippen molar-refractivity contribution in [2.45, 2.75) is 13.0 Å². The summed E-state index contributed by atoms with van der Waals surface area (Å²) in [5.74, 6) is 0.107. The zero-order chi connectivity index (χ0) is 16.8. The van der Waals surface area contributed by atoms with E-state index in [4.69, 9.17) is 8.37 Å². The van der Waals surface area contributed by atoms with Gasteiger partial charge >= 0.3 is 11.4 Å². The average Bonchev–Trinajstić information content (AvgIpc) is 2.55. The van der Waals surface area contributed by atoms with Gasteiger partial charge in [0, 0.05) is 14.1 Å². The molecule has 2 rings (SSSR count). The van der Waals surface area contributed by atoms with Crippen LogP contribution in [-0.2, 0) is 20.3 Å². The summed E-state index contributed by atoms with van der Waals surface area (Å²) in [6.45, 7) is 1.94. The molecule has 1 amide bonds. The molecule has 0 N–H and O–H groups in total. The topological polar surface area (TPSA) is 55.8 Å². The standard InChI is InChI=1S/C17H19NO4S/c1-13-9-11-15(12-10-13)21-23(20)22-16(17(19)18(2)3)14-7-5-4-6-8-14/h4-12,16H,1-3H3. The Bertz CT molecular complexity index is 671. The zero-order valence-corrected chi connectivity index (χ0v) is 14.1. The van der Waals surface area contributed by atoms with Crippen LogP contribution in [0.15, 0.2) is 54.6 Å². The molecule has 2 aromatic carbocycles. The number of aryl methyl sites for hydroxylation is 1. The van der Waals surface area contributed by atoms with Crippen molar-refractivity contribution in [3.63, 3.8) is 0 Å². The molecule has 2 unspecified atom stereocenters. The van der Waals surface area contributed by atoms with Gasteiger partial charge in [0.1, 0.15) is 5.75 Å². The minimum atomic E-state index is -2.09. The van der Waals surface area contributed by atoms with Crippen LogP contribution in [0.5, 0.6) is 5.75 Å². The van der Waals surface area contributed by atoms with E-state index in [0.717, 1.165) is 5.56 Å². The van der Waals surface area contributed by atoms with Crippen LogP contribution in [0.25, 0.3) is 0 Å². The molecule has 6 heteroatoms. The van der Waals surface area contributed by atoms with Gasteiger partial charge in [0.2, 0.25) is 0 Å². The highest BCUT2D eigenvalue weighted by atomic mass is 32.2. The lowest BCUT2D eigenvalue weighted by molar-refractivity contribution is -0.136. The van der Waals surface area contributed by atoms with Crippen molar-refractivity contribution >= 4 is 17.3 Å². The Balaban J connectivity index is 2.12. The lowest BCUT2D eigenvalue weighted by atomic mass is 10.1. The van der Waals surface area contributed by atoms with Gasteiger partial charge in [-0.05, 0) is 24.6 Å². The number of nitrogens with zero attached hydrogens (tertiary/aromatic N) is 1. The van der Waals surface area contributed by atoms with Crippen molar-refractivity contribution in [3.8, 4) is 5.75 Å². The molecule has 0 saturated heterocycles. The van der Waals surface area contributed by atoms with Crippen molar-refractivity contribution in [2.24, 2.45) is 0 Å². The van der Waals surface area contributed by atoms with E-state index in [1.54, 1.807) is 50.5 Å². The van der Waals surface area contributed by atoms with Gasteiger partial charge in [-0.15, -0.1) is 0 Å². The lowest BCUT2D eigenvalue weighted by Gasteiger charge is -2.20. The van der Waals surface area contributed by atoms with Crippen LogP contribution in [0.2, 0.25) is 0 Å². The second kappa shape index (κ2) is 7.89. The largest absolute Gasteiger partial charge is 0.380 e. The summed E-state index contributed by atoms with van der Waals surface area (Å²) < 4.78 is 22.7. The molecule has 2 atom stereocenters. The van der Waals surface area contributed by atoms with Crippen molar-refractivity contribution < 1.29 is 17.4 Å². The van der Waals surface area contributed by atoms with Gasteiger partial charge in [-0.25, -0.2) is 4.18 Å². The zero-order valence-electron chi connectivity index (χ0n) is 13.3. The van der Waals surface area contributed by atoms with Crippen LogP contribution in [0.4, 0.5) is 0 Å². The van der Waals surface area contributed by atoms with E-state index in [1.165, 1.54) is 4.90 Å². The molecule has 0 heterocycles. The van der Waals surface area contributed by atoms with Crippen LogP contribution in [0, 0.1) is 6.92 Å². The summed E-state index contributed by atoms with van der Waals surface area (Å²) in [5, 5.41) is 0. The molecule has 0 aliphatic rings. The molecular weight excluding hydrogens is 314 g/mol. The molecule has 122 valence electrons. The normalized spacial score (nSPS) is 13.2. The fourth-order valence-electron chi connectivity index (χ4n) is 1.87. The highest BCUT2D eigenvalue weighted by molar-refractivity contribution is 7.75. The summed E-state index contributed by atoms with van der Waals surface area (Å²) >= 11 is -2.09. The van der Waals surface area contributed by atoms with E-state index < -0.39 is 17.5 Å². The maximum atomic E-state index is 12.3. The lowest BCUT2D eigenvalue weighted by Crippen LogP contribution is -2.30. The monoisotopic (exact) mass is 333 g/mol. The first-order valence-corrected chi connectivity index (χ1v) is 8.07. The first-order chi connectivity index (χ1) is 11.0. The number of benzene rings is 2. The number of carbonyl (C=O) groups is 1. The first kappa shape index (κ1) is 17.2. The Labute approximate surface area is 138 Å². The second-order valence-electron chi connectivity index (χ2n) is 5.22. The Hall–Kier alpha value is -2.18. The molecule has 0 saturated carbocycles. The van der Waals surface area contributed by atoms with Crippen LogP contribution in [-0.4, -0.2) is 29.1 Å². The van der Waals surface area contributed by atoms with Crippen molar-refractivity contribution in [1.29, 1.82) is 0 Å². The van der Waals surface area contributed by atoms with Gasteiger partial charge in [-0.1, -0.05) is 48.0 Å². The maximum absolute atomic E-state index is 12.3. The van der Waals surface area contributed by atoms with Gasteiger partial charge in [-0.3, -0.25) is 4.79 Å². The van der Waals surface area contributed by atoms with Gasteiger partial charge < -0.3 is 9.08 Å². The molecular formula is C17H19NO4S. The number of carbonyl (C=O) groups excluding carboxylic acids is 1. The third kappa shape index (κ3) is 4.91. The average molecular weight is 333 g/mol. The first-order valence-electron chi connectivity index (χ1n) is 7.07. The van der Waals surface area contributed by atoms with Crippen LogP contribution < -0.4 is 4.18 Å². The van der Waals surface area contributed by atoms with E-state index in [1.807, 2.05) is 25.1 Å². The number of amides is 1. The van der Waals surface area contributed by atoms with E-state index in [2.05, 4.69) is 0 Å². The van der Waals surface area contributed by atoms with Crippen LogP contribution in [0.1, 0.15) is 17.2 Å². The van der Waals surface area contributed by atoms with E-state index in [9.17, 15) is 9.00 Å². The summed E-state index contributed by atoms with van der Waals surface area (Å²) in [6.07, 6.45) is -0.988. The Kier molecular flexibility index (Phi) is 5.90. The van der Waals surface area contributed by atoms with E-state index in [-0.39, 0.29) is 5.91 Å². The van der Waals surface area contributed by atoms with Crippen molar-refractivity contribution in [1.82, 2.24) is 4.90 Å². The number of rotatable bonds is 6. The number of hydrogen-bond acceptors (Lipinski definition) is 4. The van der Waals surface area contributed by atoms with Gasteiger partial charge in [0.05, 0.1) is 0 Å². The molecule has 0 aliphatic heterocycles. The summed E-state index contributed by atoms with van der Waals surface area (Å²) in [4.78, 5) is 13.7. The molecule has 5 nitrogen and oxygen atoms in total. The van der Waals surface area contributed by atoms with Gasteiger partial charge in [-0.2, -0.15) is 4.21 Å². The minimum Gasteiger partial charge on any atom is -0.380 e. The Morgan fingerprint density at radius 1 is 1.04 bits per heavy atom. The third-order valence-electron chi connectivity index (χ3n) is 3.13. The molecule has 0 fully saturated rings. The predicted molar refractivity (Wildman–Crippen MR) is 88.9 cm³/mol. The molecule has 23 heavy (non-hydrogen) atoms.